The zero-order valence-electron chi connectivity index (χ0n) is 18.2. The summed E-state index contributed by atoms with van der Waals surface area (Å²) >= 11 is 12.8. The van der Waals surface area contributed by atoms with Gasteiger partial charge >= 0.3 is 0 Å². The molecule has 1 aliphatic rings. The first kappa shape index (κ1) is 23.6. The third-order valence-electron chi connectivity index (χ3n) is 5.92. The van der Waals surface area contributed by atoms with Gasteiger partial charge < -0.3 is 10.2 Å². The van der Waals surface area contributed by atoms with Crippen LogP contribution in [0.25, 0.3) is 0 Å². The Balaban J connectivity index is 1.87. The van der Waals surface area contributed by atoms with Crippen LogP contribution in [0.15, 0.2) is 42.5 Å². The summed E-state index contributed by atoms with van der Waals surface area (Å²) in [5, 5.41) is 4.14. The van der Waals surface area contributed by atoms with E-state index in [0.29, 0.717) is 22.0 Å². The number of nitrogens with one attached hydrogen (secondary N) is 1. The van der Waals surface area contributed by atoms with E-state index in [1.807, 2.05) is 38.1 Å². The van der Waals surface area contributed by atoms with Gasteiger partial charge in [0.05, 0.1) is 6.42 Å². The fourth-order valence-corrected chi connectivity index (χ4v) is 4.76. The van der Waals surface area contributed by atoms with Crippen LogP contribution in [0.3, 0.4) is 0 Å². The van der Waals surface area contributed by atoms with Crippen molar-refractivity contribution in [1.29, 1.82) is 0 Å². The molecule has 1 fully saturated rings. The van der Waals surface area contributed by atoms with Gasteiger partial charge in [0.1, 0.15) is 6.04 Å². The summed E-state index contributed by atoms with van der Waals surface area (Å²) in [4.78, 5) is 28.3. The largest absolute Gasteiger partial charge is 0.352 e. The Morgan fingerprint density at radius 2 is 1.74 bits per heavy atom. The lowest BCUT2D eigenvalue weighted by molar-refractivity contribution is -0.141. The Labute approximate surface area is 194 Å². The van der Waals surface area contributed by atoms with Crippen molar-refractivity contribution < 1.29 is 9.59 Å². The Bertz CT molecular complexity index is 905. The third-order valence-corrected chi connectivity index (χ3v) is 6.62. The number of carbonyl (C=O) groups excluding carboxylic acids is 2. The SMILES string of the molecule is CC[C@@H](C(=O)NC1CCCC1)N(Cc1c(Cl)cccc1Cl)C(=O)Cc1cccc(C)c1. The van der Waals surface area contributed by atoms with E-state index >= 15 is 0 Å². The lowest BCUT2D eigenvalue weighted by atomic mass is 10.0. The van der Waals surface area contributed by atoms with E-state index < -0.39 is 6.04 Å². The second-order valence-corrected chi connectivity index (χ2v) is 9.12. The number of rotatable bonds is 8. The summed E-state index contributed by atoms with van der Waals surface area (Å²) in [5.41, 5.74) is 2.68. The van der Waals surface area contributed by atoms with Crippen LogP contribution in [0.1, 0.15) is 55.7 Å². The maximum atomic E-state index is 13.5. The molecule has 3 rings (SSSR count). The molecular formula is C25H30Cl2N2O2. The summed E-state index contributed by atoms with van der Waals surface area (Å²) in [5.74, 6) is -0.217. The summed E-state index contributed by atoms with van der Waals surface area (Å²) in [6, 6.07) is 12.8. The molecule has 6 heteroatoms. The van der Waals surface area contributed by atoms with Gasteiger partial charge in [0.25, 0.3) is 0 Å². The molecule has 2 amide bonds. The molecule has 2 aromatic carbocycles. The summed E-state index contributed by atoms with van der Waals surface area (Å²) in [6.45, 7) is 4.12. The highest BCUT2D eigenvalue weighted by molar-refractivity contribution is 6.36. The number of hydrogen-bond donors (Lipinski definition) is 1. The number of hydrogen-bond acceptors (Lipinski definition) is 2. The van der Waals surface area contributed by atoms with Crippen molar-refractivity contribution in [3.8, 4) is 0 Å². The fourth-order valence-electron chi connectivity index (χ4n) is 4.24. The van der Waals surface area contributed by atoms with Gasteiger partial charge in [-0.3, -0.25) is 9.59 Å². The number of carbonyl (C=O) groups is 2. The van der Waals surface area contributed by atoms with Gasteiger partial charge in [-0.2, -0.15) is 0 Å². The standard InChI is InChI=1S/C25H30Cl2N2O2/c1-3-23(25(31)28-19-10-4-5-11-19)29(16-20-21(26)12-7-13-22(20)27)24(30)15-18-9-6-8-17(2)14-18/h6-9,12-14,19,23H,3-5,10-11,15-16H2,1-2H3,(H,28,31)/t23-/m0/s1. The molecule has 1 saturated carbocycles. The average Bonchev–Trinajstić information content (AvgIpc) is 3.23. The second-order valence-electron chi connectivity index (χ2n) is 8.30. The van der Waals surface area contributed by atoms with E-state index in [1.165, 1.54) is 0 Å². The van der Waals surface area contributed by atoms with Crippen molar-refractivity contribution in [2.75, 3.05) is 0 Å². The molecule has 1 aliphatic carbocycles. The molecule has 0 heterocycles. The Kier molecular flexibility index (Phi) is 8.39. The highest BCUT2D eigenvalue weighted by Gasteiger charge is 2.31. The number of nitrogens with zero attached hydrogens (tertiary/aromatic N) is 1. The molecular weight excluding hydrogens is 431 g/mol. The number of amides is 2. The van der Waals surface area contributed by atoms with Gasteiger partial charge in [-0.15, -0.1) is 0 Å². The monoisotopic (exact) mass is 460 g/mol. The van der Waals surface area contributed by atoms with Crippen molar-refractivity contribution in [1.82, 2.24) is 10.2 Å². The highest BCUT2D eigenvalue weighted by atomic mass is 35.5. The van der Waals surface area contributed by atoms with Crippen LogP contribution in [0, 0.1) is 6.92 Å². The van der Waals surface area contributed by atoms with Gasteiger partial charge in [-0.1, -0.05) is 78.9 Å². The first-order chi connectivity index (χ1) is 14.9. The minimum atomic E-state index is -0.578. The van der Waals surface area contributed by atoms with Crippen molar-refractivity contribution in [2.45, 2.75) is 71.0 Å². The molecule has 4 nitrogen and oxygen atoms in total. The summed E-state index contributed by atoms with van der Waals surface area (Å²) < 4.78 is 0. The molecule has 0 unspecified atom stereocenters. The lowest BCUT2D eigenvalue weighted by Crippen LogP contribution is -2.51. The third kappa shape index (κ3) is 6.24. The van der Waals surface area contributed by atoms with E-state index in [-0.39, 0.29) is 30.8 Å². The molecule has 1 N–H and O–H groups in total. The molecule has 0 bridgehead atoms. The maximum absolute atomic E-state index is 13.5. The predicted molar refractivity (Wildman–Crippen MR) is 126 cm³/mol. The second kappa shape index (κ2) is 11.0. The van der Waals surface area contributed by atoms with Crippen molar-refractivity contribution in [3.05, 3.63) is 69.2 Å². The summed E-state index contributed by atoms with van der Waals surface area (Å²) in [6.07, 6.45) is 4.99. The molecule has 2 aromatic rings. The molecule has 0 spiro atoms. The smallest absolute Gasteiger partial charge is 0.243 e. The van der Waals surface area contributed by atoms with Crippen LogP contribution in [-0.4, -0.2) is 28.8 Å². The molecule has 0 aliphatic heterocycles. The van der Waals surface area contributed by atoms with E-state index in [2.05, 4.69) is 5.32 Å². The van der Waals surface area contributed by atoms with E-state index in [4.69, 9.17) is 23.2 Å². The average molecular weight is 461 g/mol. The topological polar surface area (TPSA) is 49.4 Å². The van der Waals surface area contributed by atoms with Gasteiger partial charge in [0, 0.05) is 28.2 Å². The van der Waals surface area contributed by atoms with Crippen molar-refractivity contribution in [2.24, 2.45) is 0 Å². The van der Waals surface area contributed by atoms with Gasteiger partial charge in [-0.05, 0) is 43.9 Å². The minimum absolute atomic E-state index is 0.102. The number of benzene rings is 2. The van der Waals surface area contributed by atoms with Crippen LogP contribution in [0.2, 0.25) is 10.0 Å². The zero-order valence-corrected chi connectivity index (χ0v) is 19.7. The molecule has 31 heavy (non-hydrogen) atoms. The quantitative estimate of drug-likeness (QED) is 0.548. The van der Waals surface area contributed by atoms with Gasteiger partial charge in [-0.25, -0.2) is 0 Å². The Morgan fingerprint density at radius 3 is 2.35 bits per heavy atom. The first-order valence-corrected chi connectivity index (χ1v) is 11.7. The molecule has 1 atom stereocenters. The van der Waals surface area contributed by atoms with Crippen LogP contribution < -0.4 is 5.32 Å². The summed E-state index contributed by atoms with van der Waals surface area (Å²) in [7, 11) is 0. The van der Waals surface area contributed by atoms with Gasteiger partial charge in [0.15, 0.2) is 0 Å². The molecule has 0 aromatic heterocycles. The first-order valence-electron chi connectivity index (χ1n) is 11.0. The normalized spacial score (nSPS) is 15.0. The van der Waals surface area contributed by atoms with E-state index in [9.17, 15) is 9.59 Å². The molecule has 166 valence electrons. The molecule has 0 radical (unpaired) electrons. The van der Waals surface area contributed by atoms with Crippen LogP contribution >= 0.6 is 23.2 Å². The van der Waals surface area contributed by atoms with Crippen LogP contribution in [-0.2, 0) is 22.6 Å². The molecule has 0 saturated heterocycles. The lowest BCUT2D eigenvalue weighted by Gasteiger charge is -2.32. The minimum Gasteiger partial charge on any atom is -0.352 e. The fraction of sp³-hybridized carbons (Fsp3) is 0.440. The van der Waals surface area contributed by atoms with Crippen LogP contribution in [0.5, 0.6) is 0 Å². The van der Waals surface area contributed by atoms with E-state index in [1.54, 1.807) is 23.1 Å². The maximum Gasteiger partial charge on any atom is 0.243 e. The predicted octanol–water partition coefficient (Wildman–Crippen LogP) is 5.71. The van der Waals surface area contributed by atoms with Crippen molar-refractivity contribution in [3.63, 3.8) is 0 Å². The highest BCUT2D eigenvalue weighted by Crippen LogP contribution is 2.27. The number of aryl methyl sites for hydroxylation is 1. The number of halogens is 2. The Morgan fingerprint density at radius 1 is 1.10 bits per heavy atom. The Hall–Kier alpha value is -2.04. The van der Waals surface area contributed by atoms with E-state index in [0.717, 1.165) is 36.8 Å². The van der Waals surface area contributed by atoms with Crippen molar-refractivity contribution >= 4 is 35.0 Å². The van der Waals surface area contributed by atoms with Crippen LogP contribution in [0.4, 0.5) is 0 Å². The zero-order chi connectivity index (χ0) is 22.4. The van der Waals surface area contributed by atoms with Gasteiger partial charge in [0.2, 0.25) is 11.8 Å².